The zero-order valence-corrected chi connectivity index (χ0v) is 14.5. The molecule has 19 heavy (non-hydrogen) atoms. The molecule has 7 heteroatoms. The van der Waals surface area contributed by atoms with E-state index in [0.717, 1.165) is 10.0 Å². The highest BCUT2D eigenvalue weighted by atomic mass is 79.9. The van der Waals surface area contributed by atoms with E-state index in [1.165, 1.54) is 6.20 Å². The van der Waals surface area contributed by atoms with Crippen LogP contribution in [-0.4, -0.2) is 15.9 Å². The van der Waals surface area contributed by atoms with Crippen LogP contribution in [0.15, 0.2) is 38.1 Å². The summed E-state index contributed by atoms with van der Waals surface area (Å²) in [6.45, 7) is 1.96. The highest BCUT2D eigenvalue weighted by Crippen LogP contribution is 2.22. The SMILES string of the molecule is Cc1ccc(C(=O)Nc2ncc(Br)nc2Br)c(Br)c1. The number of nitrogens with one attached hydrogen (secondary N) is 1. The van der Waals surface area contributed by atoms with Crippen LogP contribution in [0.4, 0.5) is 5.82 Å². The van der Waals surface area contributed by atoms with Crippen molar-refractivity contribution in [1.82, 2.24) is 9.97 Å². The molecule has 1 aromatic carbocycles. The van der Waals surface area contributed by atoms with Crippen LogP contribution in [0, 0.1) is 6.92 Å². The quantitative estimate of drug-likeness (QED) is 0.742. The van der Waals surface area contributed by atoms with E-state index >= 15 is 0 Å². The van der Waals surface area contributed by atoms with Gasteiger partial charge >= 0.3 is 0 Å². The van der Waals surface area contributed by atoms with Crippen LogP contribution >= 0.6 is 47.8 Å². The maximum absolute atomic E-state index is 12.1. The van der Waals surface area contributed by atoms with Gasteiger partial charge in [-0.15, -0.1) is 0 Å². The van der Waals surface area contributed by atoms with Crippen molar-refractivity contribution >= 4 is 59.5 Å². The monoisotopic (exact) mass is 447 g/mol. The van der Waals surface area contributed by atoms with Gasteiger partial charge in [-0.2, -0.15) is 0 Å². The lowest BCUT2D eigenvalue weighted by Crippen LogP contribution is -2.14. The van der Waals surface area contributed by atoms with Crippen LogP contribution < -0.4 is 5.32 Å². The topological polar surface area (TPSA) is 54.9 Å². The summed E-state index contributed by atoms with van der Waals surface area (Å²) >= 11 is 9.83. The van der Waals surface area contributed by atoms with E-state index in [1.54, 1.807) is 6.07 Å². The number of nitrogens with zero attached hydrogens (tertiary/aromatic N) is 2. The molecule has 1 heterocycles. The first-order valence-corrected chi connectivity index (χ1v) is 7.61. The van der Waals surface area contributed by atoms with Crippen molar-refractivity contribution in [2.45, 2.75) is 6.92 Å². The molecule has 1 aromatic heterocycles. The molecule has 0 fully saturated rings. The number of carbonyl (C=O) groups excluding carboxylic acids is 1. The molecule has 0 unspecified atom stereocenters. The summed E-state index contributed by atoms with van der Waals surface area (Å²) in [5.41, 5.74) is 1.62. The van der Waals surface area contributed by atoms with Gasteiger partial charge in [0.25, 0.3) is 5.91 Å². The minimum Gasteiger partial charge on any atom is -0.304 e. The number of amides is 1. The van der Waals surface area contributed by atoms with Gasteiger partial charge in [0.2, 0.25) is 0 Å². The van der Waals surface area contributed by atoms with Gasteiger partial charge in [-0.3, -0.25) is 4.79 Å². The summed E-state index contributed by atoms with van der Waals surface area (Å²) in [7, 11) is 0. The second kappa shape index (κ2) is 6.11. The van der Waals surface area contributed by atoms with Crippen molar-refractivity contribution in [1.29, 1.82) is 0 Å². The number of aryl methyl sites for hydroxylation is 1. The summed E-state index contributed by atoms with van der Waals surface area (Å²) in [5.74, 6) is 0.130. The van der Waals surface area contributed by atoms with Crippen LogP contribution in [0.5, 0.6) is 0 Å². The molecule has 0 spiro atoms. The molecule has 1 amide bonds. The molecule has 0 saturated carbocycles. The molecule has 4 nitrogen and oxygen atoms in total. The molecule has 0 aliphatic rings. The van der Waals surface area contributed by atoms with Gasteiger partial charge in [0.05, 0.1) is 11.8 Å². The van der Waals surface area contributed by atoms with E-state index in [0.29, 0.717) is 20.6 Å². The van der Waals surface area contributed by atoms with Crippen molar-refractivity contribution in [2.75, 3.05) is 5.32 Å². The Morgan fingerprint density at radius 2 is 2.00 bits per heavy atom. The number of rotatable bonds is 2. The lowest BCUT2D eigenvalue weighted by molar-refractivity contribution is 0.102. The molecule has 0 radical (unpaired) electrons. The third-order valence-corrected chi connectivity index (χ3v) is 3.89. The van der Waals surface area contributed by atoms with E-state index in [2.05, 4.69) is 63.1 Å². The Hall–Kier alpha value is -0.790. The molecular formula is C12H8Br3N3O. The van der Waals surface area contributed by atoms with Crippen molar-refractivity contribution in [3.63, 3.8) is 0 Å². The fourth-order valence-corrected chi connectivity index (χ4v) is 2.99. The highest BCUT2D eigenvalue weighted by molar-refractivity contribution is 9.11. The van der Waals surface area contributed by atoms with Crippen molar-refractivity contribution in [3.8, 4) is 0 Å². The van der Waals surface area contributed by atoms with Crippen molar-refractivity contribution in [2.24, 2.45) is 0 Å². The maximum Gasteiger partial charge on any atom is 0.258 e. The predicted octanol–water partition coefficient (Wildman–Crippen LogP) is 4.32. The van der Waals surface area contributed by atoms with Gasteiger partial charge < -0.3 is 5.32 Å². The van der Waals surface area contributed by atoms with Gasteiger partial charge in [-0.25, -0.2) is 9.97 Å². The number of hydrogen-bond acceptors (Lipinski definition) is 3. The number of benzene rings is 1. The molecule has 98 valence electrons. The first-order chi connectivity index (χ1) is 8.97. The molecule has 0 atom stereocenters. The standard InChI is InChI=1S/C12H8Br3N3O/c1-6-2-3-7(8(13)4-6)12(19)18-11-10(15)17-9(14)5-16-11/h2-5H,1H3,(H,16,18,19). The second-order valence-corrected chi connectivity index (χ2v) is 6.19. The molecule has 1 N–H and O–H groups in total. The molecule has 0 bridgehead atoms. The first kappa shape index (κ1) is 14.6. The largest absolute Gasteiger partial charge is 0.304 e. The molecule has 0 aliphatic carbocycles. The number of anilines is 1. The first-order valence-electron chi connectivity index (χ1n) is 5.23. The van der Waals surface area contributed by atoms with E-state index in [-0.39, 0.29) is 5.91 Å². The fourth-order valence-electron chi connectivity index (χ4n) is 1.41. The lowest BCUT2D eigenvalue weighted by Gasteiger charge is -2.08. The second-order valence-electron chi connectivity index (χ2n) is 3.77. The van der Waals surface area contributed by atoms with Crippen LogP contribution in [0.2, 0.25) is 0 Å². The summed E-state index contributed by atoms with van der Waals surface area (Å²) in [4.78, 5) is 20.3. The predicted molar refractivity (Wildman–Crippen MR) is 84.3 cm³/mol. The summed E-state index contributed by atoms with van der Waals surface area (Å²) < 4.78 is 1.80. The molecule has 2 rings (SSSR count). The van der Waals surface area contributed by atoms with Crippen LogP contribution in [0.25, 0.3) is 0 Å². The van der Waals surface area contributed by atoms with E-state index in [9.17, 15) is 4.79 Å². The van der Waals surface area contributed by atoms with Gasteiger partial charge in [-0.1, -0.05) is 6.07 Å². The van der Waals surface area contributed by atoms with Gasteiger partial charge in [0.1, 0.15) is 9.21 Å². The van der Waals surface area contributed by atoms with Gasteiger partial charge in [-0.05, 0) is 72.4 Å². The van der Waals surface area contributed by atoms with Crippen LogP contribution in [-0.2, 0) is 0 Å². The van der Waals surface area contributed by atoms with Gasteiger partial charge in [0, 0.05) is 4.47 Å². The number of hydrogen-bond donors (Lipinski definition) is 1. The average molecular weight is 450 g/mol. The lowest BCUT2D eigenvalue weighted by atomic mass is 10.1. The van der Waals surface area contributed by atoms with Gasteiger partial charge in [0.15, 0.2) is 5.82 Å². The minimum atomic E-state index is -0.246. The minimum absolute atomic E-state index is 0.246. The third-order valence-electron chi connectivity index (χ3n) is 2.30. The van der Waals surface area contributed by atoms with E-state index < -0.39 is 0 Å². The van der Waals surface area contributed by atoms with Crippen LogP contribution in [0.3, 0.4) is 0 Å². The molecule has 0 saturated heterocycles. The zero-order chi connectivity index (χ0) is 14.0. The van der Waals surface area contributed by atoms with Crippen LogP contribution in [0.1, 0.15) is 15.9 Å². The van der Waals surface area contributed by atoms with E-state index in [4.69, 9.17) is 0 Å². The number of halogens is 3. The molecule has 2 aromatic rings. The Morgan fingerprint density at radius 1 is 1.26 bits per heavy atom. The smallest absolute Gasteiger partial charge is 0.258 e. The van der Waals surface area contributed by atoms with Crippen molar-refractivity contribution in [3.05, 3.63) is 49.2 Å². The summed E-state index contributed by atoms with van der Waals surface area (Å²) in [6.07, 6.45) is 1.52. The average Bonchev–Trinajstić information content (AvgIpc) is 2.32. The molecular weight excluding hydrogens is 442 g/mol. The summed E-state index contributed by atoms with van der Waals surface area (Å²) in [6, 6.07) is 5.52. The molecule has 0 aliphatic heterocycles. The maximum atomic E-state index is 12.1. The normalized spacial score (nSPS) is 10.3. The highest BCUT2D eigenvalue weighted by Gasteiger charge is 2.13. The Balaban J connectivity index is 2.25. The zero-order valence-electron chi connectivity index (χ0n) is 9.75. The Morgan fingerprint density at radius 3 is 2.63 bits per heavy atom. The summed E-state index contributed by atoms with van der Waals surface area (Å²) in [5, 5.41) is 2.70. The third kappa shape index (κ3) is 3.61. The van der Waals surface area contributed by atoms with Crippen molar-refractivity contribution < 1.29 is 4.79 Å². The van der Waals surface area contributed by atoms with E-state index in [1.807, 2.05) is 19.1 Å². The Labute approximate surface area is 135 Å². The fraction of sp³-hybridized carbons (Fsp3) is 0.0833. The Kier molecular flexibility index (Phi) is 4.70. The number of carbonyl (C=O) groups is 1. The Bertz CT molecular complexity index is 646. The number of aromatic nitrogens is 2.